The van der Waals surface area contributed by atoms with E-state index >= 15 is 0 Å². The molecule has 0 N–H and O–H groups in total. The van der Waals surface area contributed by atoms with Crippen LogP contribution in [0.4, 0.5) is 0 Å². The first kappa shape index (κ1) is 82.6. The summed E-state index contributed by atoms with van der Waals surface area (Å²) in [4.78, 5) is 30.8. The van der Waals surface area contributed by atoms with Crippen LogP contribution in [-0.4, -0.2) is 57.3 Å². The molecule has 0 aliphatic carbocycles. The SMILES string of the molecule is C.c1ccc(-c2cc(-c3ccccc3)nc(-c3ccc(-n4c5ccccc5c5cc6c7ccccc7n(-c7ccccc7)c6cc54)cc3)n2)cc1.c1ccc(-c2nc3ccccc3nc2-c2ccc(-n3c4ccccc4c4cc5c6ccccc6n(-c6ccccc6)c5cc43)cc2)cc1.c1ccc(-c2nc3ccccc3nc2-n2c3ccccc3c3cc4c5ccccc5n(-c5ccccc5)c4cc32)cc1. The van der Waals surface area contributed by atoms with E-state index in [1.165, 1.54) is 114 Å². The molecule has 12 nitrogen and oxygen atoms in total. The standard InChI is InChI=1S/C46H30N4.C44H28N4.C38H24N4.CH4/c1-4-14-31(15-5-1)40-29-41(32-16-6-2-7-17-32)48-46(47-40)33-24-26-35(27-25-33)50-43-23-13-11-21-37(43)39-28-38-36-20-10-12-22-42(36)49(44(38)30-45(39)50)34-18-8-3-9-19-34;1-3-13-29(14-4-1)43-44(46-38-20-10-9-19-37(38)45-43)30-23-25-32(26-24-30)48-40-22-12-8-18-34(40)36-27-35-33-17-7-11-21-39(33)47(41(35)28-42(36)48)31-15-5-2-6-16-31;1-3-13-25(14-4-1)37-38(40-32-20-10-9-19-31(32)39-37)42-34-22-12-8-18-28(34)30-23-29-27-17-7-11-21-33(27)41(35(29)24-36(30)42)26-15-5-2-6-16-26;/h1-30H;1-28H;1-24H;1H4. The van der Waals surface area contributed by atoms with Crippen LogP contribution in [-0.2, 0) is 0 Å². The van der Waals surface area contributed by atoms with Crippen LogP contribution in [0.1, 0.15) is 7.43 Å². The van der Waals surface area contributed by atoms with E-state index in [-0.39, 0.29) is 7.43 Å². The van der Waals surface area contributed by atoms with E-state index < -0.39 is 0 Å². The Kier molecular flexibility index (Phi) is 20.2. The summed E-state index contributed by atoms with van der Waals surface area (Å²) in [5.74, 6) is 1.53. The molecule has 0 aliphatic heterocycles. The fraction of sp³-hybridized carbons (Fsp3) is 0.00775. The third-order valence-electron chi connectivity index (χ3n) is 27.5. The lowest BCUT2D eigenvalue weighted by Crippen LogP contribution is -2.03. The number of nitrogens with zero attached hydrogens (tertiary/aromatic N) is 12. The average Bonchev–Trinajstić information content (AvgIpc) is 1.56. The van der Waals surface area contributed by atoms with Crippen LogP contribution in [0.5, 0.6) is 0 Å². The minimum Gasteiger partial charge on any atom is -0.309 e. The van der Waals surface area contributed by atoms with E-state index in [0.29, 0.717) is 5.82 Å². The van der Waals surface area contributed by atoms with Crippen molar-refractivity contribution in [1.29, 1.82) is 0 Å². The first-order chi connectivity index (χ1) is 69.5. The van der Waals surface area contributed by atoms with Crippen molar-refractivity contribution in [3.05, 3.63) is 497 Å². The fourth-order valence-electron chi connectivity index (χ4n) is 21.2. The minimum absolute atomic E-state index is 0. The number of aromatic nitrogens is 12. The Morgan fingerprint density at radius 2 is 0.355 bits per heavy atom. The summed E-state index contributed by atoms with van der Waals surface area (Å²) in [6.07, 6.45) is 0. The molecule has 0 saturated heterocycles. The van der Waals surface area contributed by atoms with Gasteiger partial charge in [0.2, 0.25) is 0 Å². The smallest absolute Gasteiger partial charge is 0.165 e. The number of benzene rings is 20. The van der Waals surface area contributed by atoms with Crippen molar-refractivity contribution >= 4 is 153 Å². The highest BCUT2D eigenvalue weighted by atomic mass is 15.1. The second kappa shape index (κ2) is 34.4. The zero-order valence-corrected chi connectivity index (χ0v) is 75.7. The van der Waals surface area contributed by atoms with Gasteiger partial charge in [0.25, 0.3) is 0 Å². The van der Waals surface area contributed by atoms with Gasteiger partial charge in [0.1, 0.15) is 5.69 Å². The maximum absolute atomic E-state index is 5.29. The first-order valence-electron chi connectivity index (χ1n) is 47.4. The normalized spacial score (nSPS) is 11.6. The molecule has 0 unspecified atom stereocenters. The molecular formula is C129H86N12. The summed E-state index contributed by atoms with van der Waals surface area (Å²) in [7, 11) is 0. The van der Waals surface area contributed by atoms with Gasteiger partial charge in [-0.25, -0.2) is 29.9 Å². The van der Waals surface area contributed by atoms with Crippen LogP contribution >= 0.6 is 0 Å². The Bertz CT molecular complexity index is 9840. The van der Waals surface area contributed by atoms with Crippen molar-refractivity contribution in [2.45, 2.75) is 7.43 Å². The average molecular weight is 1800 g/mol. The monoisotopic (exact) mass is 1800 g/mol. The van der Waals surface area contributed by atoms with Crippen molar-refractivity contribution in [3.63, 3.8) is 0 Å². The second-order valence-corrected chi connectivity index (χ2v) is 35.6. The number of para-hydroxylation sites is 13. The molecule has 12 heteroatoms. The minimum atomic E-state index is 0. The van der Waals surface area contributed by atoms with Gasteiger partial charge in [-0.15, -0.1) is 0 Å². The molecule has 29 rings (SSSR count). The van der Waals surface area contributed by atoms with E-state index in [9.17, 15) is 0 Å². The Morgan fingerprint density at radius 3 is 0.667 bits per heavy atom. The summed E-state index contributed by atoms with van der Waals surface area (Å²) in [5.41, 5.74) is 33.8. The van der Waals surface area contributed by atoms with Gasteiger partial charge in [0.15, 0.2) is 11.6 Å². The molecule has 0 aliphatic rings. The zero-order valence-electron chi connectivity index (χ0n) is 75.7. The van der Waals surface area contributed by atoms with Crippen LogP contribution in [0.3, 0.4) is 0 Å². The Balaban J connectivity index is 0.000000109. The highest BCUT2D eigenvalue weighted by Crippen LogP contribution is 2.47. The number of hydrogen-bond acceptors (Lipinski definition) is 6. The molecule has 662 valence electrons. The molecule has 0 amide bonds. The van der Waals surface area contributed by atoms with Crippen molar-refractivity contribution in [3.8, 4) is 102 Å². The molecule has 0 fully saturated rings. The van der Waals surface area contributed by atoms with Crippen LogP contribution in [0.15, 0.2) is 497 Å². The molecule has 0 radical (unpaired) electrons. The summed E-state index contributed by atoms with van der Waals surface area (Å²) >= 11 is 0. The molecule has 0 spiro atoms. The largest absolute Gasteiger partial charge is 0.309 e. The van der Waals surface area contributed by atoms with Gasteiger partial charge >= 0.3 is 0 Å². The Hall–Kier alpha value is -19.0. The first-order valence-corrected chi connectivity index (χ1v) is 47.4. The number of hydrogen-bond donors (Lipinski definition) is 0. The summed E-state index contributed by atoms with van der Waals surface area (Å²) < 4.78 is 14.2. The van der Waals surface area contributed by atoms with Crippen molar-refractivity contribution in [2.24, 2.45) is 0 Å². The van der Waals surface area contributed by atoms with Crippen LogP contribution in [0, 0.1) is 0 Å². The zero-order chi connectivity index (χ0) is 92.2. The van der Waals surface area contributed by atoms with Crippen LogP contribution < -0.4 is 0 Å². The van der Waals surface area contributed by atoms with Gasteiger partial charge in [-0.3, -0.25) is 4.57 Å². The Morgan fingerprint density at radius 1 is 0.135 bits per heavy atom. The molecular weight excluding hydrogens is 1720 g/mol. The van der Waals surface area contributed by atoms with E-state index in [1.807, 2.05) is 97.1 Å². The van der Waals surface area contributed by atoms with Gasteiger partial charge < -0.3 is 22.8 Å². The lowest BCUT2D eigenvalue weighted by atomic mass is 10.0. The third kappa shape index (κ3) is 14.1. The van der Waals surface area contributed by atoms with Gasteiger partial charge in [-0.1, -0.05) is 329 Å². The number of fused-ring (bicyclic) bond motifs is 20. The summed E-state index contributed by atoms with van der Waals surface area (Å²) in [5, 5.41) is 14.8. The van der Waals surface area contributed by atoms with Crippen LogP contribution in [0.2, 0.25) is 0 Å². The van der Waals surface area contributed by atoms with E-state index in [2.05, 4.69) is 428 Å². The fourth-order valence-corrected chi connectivity index (χ4v) is 21.2. The lowest BCUT2D eigenvalue weighted by molar-refractivity contribution is 1.08. The second-order valence-electron chi connectivity index (χ2n) is 35.6. The molecule has 0 atom stereocenters. The molecule has 29 aromatic rings. The molecule has 20 aromatic carbocycles. The molecule has 0 saturated carbocycles. The van der Waals surface area contributed by atoms with Gasteiger partial charge in [-0.2, -0.15) is 0 Å². The molecule has 0 bridgehead atoms. The molecule has 9 heterocycles. The predicted molar refractivity (Wildman–Crippen MR) is 586 cm³/mol. The topological polar surface area (TPSA) is 107 Å². The van der Waals surface area contributed by atoms with Gasteiger partial charge in [0.05, 0.1) is 111 Å². The lowest BCUT2D eigenvalue weighted by Gasteiger charge is -2.14. The Labute approximate surface area is 811 Å². The van der Waals surface area contributed by atoms with Crippen LogP contribution in [0.25, 0.3) is 255 Å². The van der Waals surface area contributed by atoms with Gasteiger partial charge in [0, 0.05) is 126 Å². The van der Waals surface area contributed by atoms with Crippen molar-refractivity contribution in [2.75, 3.05) is 0 Å². The summed E-state index contributed by atoms with van der Waals surface area (Å²) in [6.45, 7) is 0. The molecule has 9 aromatic heterocycles. The van der Waals surface area contributed by atoms with E-state index in [1.54, 1.807) is 0 Å². The predicted octanol–water partition coefficient (Wildman–Crippen LogP) is 33.0. The highest BCUT2D eigenvalue weighted by molar-refractivity contribution is 6.23. The highest BCUT2D eigenvalue weighted by Gasteiger charge is 2.27. The number of rotatable bonds is 12. The molecule has 141 heavy (non-hydrogen) atoms. The maximum Gasteiger partial charge on any atom is 0.165 e. The quantitative estimate of drug-likeness (QED) is 0.121. The summed E-state index contributed by atoms with van der Waals surface area (Å²) in [6, 6.07) is 175. The van der Waals surface area contributed by atoms with E-state index in [0.717, 1.165) is 135 Å². The van der Waals surface area contributed by atoms with Crippen molar-refractivity contribution in [1.82, 2.24) is 57.3 Å². The van der Waals surface area contributed by atoms with Crippen molar-refractivity contribution < 1.29 is 0 Å². The third-order valence-corrected chi connectivity index (χ3v) is 27.5. The van der Waals surface area contributed by atoms with E-state index in [4.69, 9.17) is 29.9 Å². The van der Waals surface area contributed by atoms with Gasteiger partial charge in [-0.05, 0) is 176 Å². The maximum atomic E-state index is 5.29.